The molecule has 1 aromatic carbocycles. The van der Waals surface area contributed by atoms with Gasteiger partial charge in [0.2, 0.25) is 0 Å². The fourth-order valence-electron chi connectivity index (χ4n) is 1.55. The van der Waals surface area contributed by atoms with Crippen molar-refractivity contribution in [2.75, 3.05) is 11.3 Å². The van der Waals surface area contributed by atoms with E-state index in [1.807, 2.05) is 6.92 Å². The zero-order valence-corrected chi connectivity index (χ0v) is 12.3. The monoisotopic (exact) mass is 312 g/mol. The third-order valence-electron chi connectivity index (χ3n) is 2.45. The lowest BCUT2D eigenvalue weighted by Crippen LogP contribution is -2.13. The van der Waals surface area contributed by atoms with Crippen LogP contribution in [0, 0.1) is 0 Å². The van der Waals surface area contributed by atoms with Crippen molar-refractivity contribution < 1.29 is 13.2 Å². The summed E-state index contributed by atoms with van der Waals surface area (Å²) in [5.74, 6) is 0.617. The van der Waals surface area contributed by atoms with Gasteiger partial charge in [-0.15, -0.1) is 0 Å². The summed E-state index contributed by atoms with van der Waals surface area (Å²) in [6.45, 7) is 2.38. The Kier molecular flexibility index (Phi) is 4.46. The Balaban J connectivity index is 2.24. The Morgan fingerprint density at radius 1 is 1.25 bits per heavy atom. The van der Waals surface area contributed by atoms with Crippen molar-refractivity contribution in [3.8, 4) is 5.75 Å². The Morgan fingerprint density at radius 3 is 2.55 bits per heavy atom. The van der Waals surface area contributed by atoms with Crippen LogP contribution < -0.4 is 9.46 Å². The maximum Gasteiger partial charge on any atom is 0.261 e. The first-order valence-electron chi connectivity index (χ1n) is 5.89. The van der Waals surface area contributed by atoms with E-state index in [4.69, 9.17) is 16.3 Å². The van der Waals surface area contributed by atoms with Gasteiger partial charge in [0, 0.05) is 6.20 Å². The second kappa shape index (κ2) is 6.11. The van der Waals surface area contributed by atoms with Gasteiger partial charge in [0.15, 0.2) is 5.15 Å². The van der Waals surface area contributed by atoms with E-state index in [0.29, 0.717) is 12.4 Å². The number of hydrogen-bond acceptors (Lipinski definition) is 4. The fraction of sp³-hybridized carbons (Fsp3) is 0.154. The van der Waals surface area contributed by atoms with E-state index in [0.717, 1.165) is 0 Å². The number of benzene rings is 1. The summed E-state index contributed by atoms with van der Waals surface area (Å²) >= 11 is 5.83. The molecule has 20 heavy (non-hydrogen) atoms. The van der Waals surface area contributed by atoms with Crippen LogP contribution >= 0.6 is 11.6 Å². The number of nitrogens with zero attached hydrogens (tertiary/aromatic N) is 1. The summed E-state index contributed by atoms with van der Waals surface area (Å²) in [5.41, 5.74) is 0.239. The molecule has 0 fully saturated rings. The highest BCUT2D eigenvalue weighted by Crippen LogP contribution is 2.23. The lowest BCUT2D eigenvalue weighted by molar-refractivity contribution is 0.340. The molecular weight excluding hydrogens is 300 g/mol. The minimum Gasteiger partial charge on any atom is -0.494 e. The summed E-state index contributed by atoms with van der Waals surface area (Å²) in [5, 5.41) is 0.0991. The van der Waals surface area contributed by atoms with Crippen molar-refractivity contribution in [3.63, 3.8) is 0 Å². The summed E-state index contributed by atoms with van der Waals surface area (Å²) in [6.07, 6.45) is 1.48. The molecule has 106 valence electrons. The molecule has 0 bridgehead atoms. The number of halogens is 1. The molecule has 0 unspecified atom stereocenters. The van der Waals surface area contributed by atoms with Crippen LogP contribution in [0.3, 0.4) is 0 Å². The maximum absolute atomic E-state index is 12.2. The van der Waals surface area contributed by atoms with Crippen LogP contribution in [0.1, 0.15) is 6.92 Å². The van der Waals surface area contributed by atoms with E-state index in [1.54, 1.807) is 24.3 Å². The molecule has 0 saturated carbocycles. The number of ether oxygens (including phenoxy) is 1. The summed E-state index contributed by atoms with van der Waals surface area (Å²) in [7, 11) is -3.70. The van der Waals surface area contributed by atoms with Crippen molar-refractivity contribution >= 4 is 27.3 Å². The molecular formula is C13H13ClN2O3S. The molecule has 0 aliphatic rings. The van der Waals surface area contributed by atoms with Crippen LogP contribution in [0.5, 0.6) is 5.75 Å². The first kappa shape index (κ1) is 14.6. The van der Waals surface area contributed by atoms with Gasteiger partial charge in [0.1, 0.15) is 5.75 Å². The van der Waals surface area contributed by atoms with Crippen LogP contribution in [-0.2, 0) is 10.0 Å². The third-order valence-corrected chi connectivity index (χ3v) is 4.13. The van der Waals surface area contributed by atoms with Crippen molar-refractivity contribution in [1.82, 2.24) is 4.98 Å². The number of sulfonamides is 1. The molecule has 0 aliphatic carbocycles. The summed E-state index contributed by atoms with van der Waals surface area (Å²) < 4.78 is 32.0. The Hall–Kier alpha value is -1.79. The van der Waals surface area contributed by atoms with Crippen molar-refractivity contribution in [3.05, 3.63) is 47.7 Å². The smallest absolute Gasteiger partial charge is 0.261 e. The molecule has 0 atom stereocenters. The molecule has 0 amide bonds. The third kappa shape index (κ3) is 3.40. The predicted octanol–water partition coefficient (Wildman–Crippen LogP) is 2.93. The van der Waals surface area contributed by atoms with E-state index >= 15 is 0 Å². The molecule has 1 aromatic heterocycles. The van der Waals surface area contributed by atoms with Crippen LogP contribution in [0.4, 0.5) is 5.69 Å². The normalized spacial score (nSPS) is 11.1. The van der Waals surface area contributed by atoms with Crippen LogP contribution in [0.25, 0.3) is 0 Å². The average Bonchev–Trinajstić information content (AvgIpc) is 2.42. The second-order valence-electron chi connectivity index (χ2n) is 3.85. The molecule has 7 heteroatoms. The zero-order chi connectivity index (χ0) is 14.6. The summed E-state index contributed by atoms with van der Waals surface area (Å²) in [6, 6.07) is 9.28. The molecule has 2 aromatic rings. The number of aromatic nitrogens is 1. The number of nitrogens with one attached hydrogen (secondary N) is 1. The van der Waals surface area contributed by atoms with Gasteiger partial charge in [0.25, 0.3) is 10.0 Å². The van der Waals surface area contributed by atoms with E-state index in [2.05, 4.69) is 9.71 Å². The molecule has 0 saturated heterocycles. The average molecular weight is 313 g/mol. The van der Waals surface area contributed by atoms with E-state index in [1.165, 1.54) is 18.3 Å². The van der Waals surface area contributed by atoms with Gasteiger partial charge in [0.05, 0.1) is 17.2 Å². The molecule has 2 rings (SSSR count). The van der Waals surface area contributed by atoms with E-state index < -0.39 is 10.0 Å². The highest BCUT2D eigenvalue weighted by atomic mass is 35.5. The molecule has 0 spiro atoms. The lowest BCUT2D eigenvalue weighted by Gasteiger charge is -2.09. The molecule has 1 N–H and O–H groups in total. The number of rotatable bonds is 5. The molecule has 5 nitrogen and oxygen atoms in total. The standard InChI is InChI=1S/C13H13ClN2O3S/c1-2-19-10-5-7-11(8-6-10)20(17,18)16-12-4-3-9-15-13(12)14/h3-9,16H,2H2,1H3. The zero-order valence-electron chi connectivity index (χ0n) is 10.7. The van der Waals surface area contributed by atoms with Gasteiger partial charge < -0.3 is 4.74 Å². The van der Waals surface area contributed by atoms with Crippen LogP contribution in [0.15, 0.2) is 47.5 Å². The molecule has 0 aliphatic heterocycles. The van der Waals surface area contributed by atoms with Crippen molar-refractivity contribution in [2.24, 2.45) is 0 Å². The SMILES string of the molecule is CCOc1ccc(S(=O)(=O)Nc2cccnc2Cl)cc1. The van der Waals surface area contributed by atoms with Gasteiger partial charge in [-0.1, -0.05) is 11.6 Å². The minimum atomic E-state index is -3.70. The topological polar surface area (TPSA) is 68.3 Å². The van der Waals surface area contributed by atoms with Crippen LogP contribution in [0.2, 0.25) is 5.15 Å². The second-order valence-corrected chi connectivity index (χ2v) is 5.89. The van der Waals surface area contributed by atoms with Gasteiger partial charge in [-0.2, -0.15) is 0 Å². The number of hydrogen-bond donors (Lipinski definition) is 1. The summed E-state index contributed by atoms with van der Waals surface area (Å²) in [4.78, 5) is 3.94. The highest BCUT2D eigenvalue weighted by molar-refractivity contribution is 7.92. The van der Waals surface area contributed by atoms with Crippen LogP contribution in [-0.4, -0.2) is 20.0 Å². The quantitative estimate of drug-likeness (QED) is 0.862. The van der Waals surface area contributed by atoms with Gasteiger partial charge >= 0.3 is 0 Å². The first-order valence-corrected chi connectivity index (χ1v) is 7.75. The minimum absolute atomic E-state index is 0.0991. The maximum atomic E-state index is 12.2. The molecule has 1 heterocycles. The number of anilines is 1. The molecule has 0 radical (unpaired) electrons. The van der Waals surface area contributed by atoms with E-state index in [-0.39, 0.29) is 15.7 Å². The Morgan fingerprint density at radius 2 is 1.95 bits per heavy atom. The highest BCUT2D eigenvalue weighted by Gasteiger charge is 2.15. The first-order chi connectivity index (χ1) is 9.53. The van der Waals surface area contributed by atoms with Crippen molar-refractivity contribution in [2.45, 2.75) is 11.8 Å². The van der Waals surface area contributed by atoms with Gasteiger partial charge in [-0.3, -0.25) is 4.72 Å². The van der Waals surface area contributed by atoms with Crippen molar-refractivity contribution in [1.29, 1.82) is 0 Å². The van der Waals surface area contributed by atoms with Gasteiger partial charge in [-0.05, 0) is 43.3 Å². The predicted molar refractivity (Wildman–Crippen MR) is 77.7 cm³/mol. The Bertz CT molecular complexity index is 687. The lowest BCUT2D eigenvalue weighted by atomic mass is 10.3. The van der Waals surface area contributed by atoms with E-state index in [9.17, 15) is 8.42 Å². The largest absolute Gasteiger partial charge is 0.494 e. The number of pyridine rings is 1. The Labute approximate surface area is 122 Å². The van der Waals surface area contributed by atoms with Gasteiger partial charge in [-0.25, -0.2) is 13.4 Å². The fourth-order valence-corrected chi connectivity index (χ4v) is 2.84.